The van der Waals surface area contributed by atoms with Crippen LogP contribution in [-0.4, -0.2) is 37.5 Å². The number of nitrogens with zero attached hydrogens (tertiary/aromatic N) is 1. The number of carbonyl (C=O) groups excluding carboxylic acids is 2. The lowest BCUT2D eigenvalue weighted by Crippen LogP contribution is -2.34. The number of carbonyl (C=O) groups is 2. The van der Waals surface area contributed by atoms with Gasteiger partial charge in [-0.15, -0.1) is 0 Å². The normalized spacial score (nSPS) is 30.2. The number of amides is 2. The molecule has 2 bridgehead atoms. The highest BCUT2D eigenvalue weighted by Crippen LogP contribution is 2.52. The van der Waals surface area contributed by atoms with Crippen LogP contribution in [0.5, 0.6) is 11.5 Å². The van der Waals surface area contributed by atoms with Crippen LogP contribution in [-0.2, 0) is 16.0 Å². The van der Waals surface area contributed by atoms with Crippen LogP contribution in [0.25, 0.3) is 0 Å². The van der Waals surface area contributed by atoms with Gasteiger partial charge in [-0.2, -0.15) is 0 Å². The van der Waals surface area contributed by atoms with Crippen molar-refractivity contribution in [1.82, 2.24) is 4.90 Å². The van der Waals surface area contributed by atoms with E-state index in [0.717, 1.165) is 12.0 Å². The molecule has 1 aromatic carbocycles. The summed E-state index contributed by atoms with van der Waals surface area (Å²) in [5.74, 6) is 1.67. The molecule has 1 aromatic rings. The van der Waals surface area contributed by atoms with E-state index < -0.39 is 0 Å². The van der Waals surface area contributed by atoms with Gasteiger partial charge in [-0.25, -0.2) is 0 Å². The smallest absolute Gasteiger partial charge is 0.233 e. The molecule has 1 aliphatic heterocycles. The van der Waals surface area contributed by atoms with Crippen LogP contribution in [0.15, 0.2) is 30.4 Å². The number of rotatable bonds is 5. The van der Waals surface area contributed by atoms with Gasteiger partial charge in [-0.1, -0.05) is 18.2 Å². The summed E-state index contributed by atoms with van der Waals surface area (Å²) < 4.78 is 10.5. The van der Waals surface area contributed by atoms with Gasteiger partial charge in [-0.05, 0) is 42.4 Å². The molecule has 1 saturated heterocycles. The van der Waals surface area contributed by atoms with E-state index in [0.29, 0.717) is 24.5 Å². The maximum Gasteiger partial charge on any atom is 0.233 e. The standard InChI is InChI=1S/C19H21NO4/c1-23-14-6-3-11(9-15(14)24-2)7-8-20-18(21)16-12-4-5-13(10-12)17(16)19(20)22/h3-6,9,12-13,16-17H,7-8,10H2,1-2H3/t12-,13+,16-,17-/m0/s1. The molecule has 3 aliphatic rings. The first-order valence-electron chi connectivity index (χ1n) is 8.38. The van der Waals surface area contributed by atoms with Crippen LogP contribution < -0.4 is 9.47 Å². The SMILES string of the molecule is COc1ccc(CCN2C(=O)[C@@H]3[C@@H](C2=O)[C@H]2C=C[C@@H]3C2)cc1OC. The Morgan fingerprint density at radius 1 is 1.00 bits per heavy atom. The lowest BCUT2D eigenvalue weighted by Gasteiger charge is -2.17. The second-order valence-electron chi connectivity index (χ2n) is 6.77. The lowest BCUT2D eigenvalue weighted by molar-refractivity contribution is -0.140. The summed E-state index contributed by atoms with van der Waals surface area (Å²) in [5, 5.41) is 0. The summed E-state index contributed by atoms with van der Waals surface area (Å²) in [5.41, 5.74) is 1.02. The van der Waals surface area contributed by atoms with Gasteiger partial charge in [0.15, 0.2) is 11.5 Å². The Morgan fingerprint density at radius 3 is 2.21 bits per heavy atom. The number of allylic oxidation sites excluding steroid dienone is 2. The fraction of sp³-hybridized carbons (Fsp3) is 0.474. The van der Waals surface area contributed by atoms with E-state index in [1.807, 2.05) is 18.2 Å². The molecule has 2 amide bonds. The molecule has 2 fully saturated rings. The van der Waals surface area contributed by atoms with Gasteiger partial charge in [0.2, 0.25) is 11.8 Å². The largest absolute Gasteiger partial charge is 0.493 e. The maximum atomic E-state index is 12.7. The molecule has 4 rings (SSSR count). The van der Waals surface area contributed by atoms with Crippen molar-refractivity contribution in [3.05, 3.63) is 35.9 Å². The van der Waals surface area contributed by atoms with Crippen molar-refractivity contribution in [3.8, 4) is 11.5 Å². The van der Waals surface area contributed by atoms with E-state index in [1.165, 1.54) is 4.90 Å². The Balaban J connectivity index is 1.47. The summed E-state index contributed by atoms with van der Waals surface area (Å²) >= 11 is 0. The summed E-state index contributed by atoms with van der Waals surface area (Å²) in [7, 11) is 3.19. The molecule has 0 radical (unpaired) electrons. The van der Waals surface area contributed by atoms with Crippen molar-refractivity contribution in [3.63, 3.8) is 0 Å². The van der Waals surface area contributed by atoms with Gasteiger partial charge in [0.25, 0.3) is 0 Å². The average molecular weight is 327 g/mol. The summed E-state index contributed by atoms with van der Waals surface area (Å²) in [6.07, 6.45) is 5.83. The zero-order valence-corrected chi connectivity index (χ0v) is 13.9. The van der Waals surface area contributed by atoms with Gasteiger partial charge in [0.1, 0.15) is 0 Å². The summed E-state index contributed by atoms with van der Waals surface area (Å²) in [6.45, 7) is 0.430. The van der Waals surface area contributed by atoms with Gasteiger partial charge >= 0.3 is 0 Å². The summed E-state index contributed by atoms with van der Waals surface area (Å²) in [4.78, 5) is 26.8. The van der Waals surface area contributed by atoms with Crippen LogP contribution in [0.3, 0.4) is 0 Å². The zero-order valence-electron chi connectivity index (χ0n) is 13.9. The number of hydrogen-bond acceptors (Lipinski definition) is 4. The molecule has 0 N–H and O–H groups in total. The number of ether oxygens (including phenoxy) is 2. The van der Waals surface area contributed by atoms with Crippen molar-refractivity contribution in [2.45, 2.75) is 12.8 Å². The topological polar surface area (TPSA) is 55.8 Å². The van der Waals surface area contributed by atoms with Crippen molar-refractivity contribution in [2.75, 3.05) is 20.8 Å². The third kappa shape index (κ3) is 2.14. The molecule has 4 atom stereocenters. The highest BCUT2D eigenvalue weighted by atomic mass is 16.5. The molecule has 1 heterocycles. The van der Waals surface area contributed by atoms with E-state index >= 15 is 0 Å². The van der Waals surface area contributed by atoms with Gasteiger partial charge in [-0.3, -0.25) is 14.5 Å². The first-order chi connectivity index (χ1) is 11.6. The number of likely N-dealkylation sites (tertiary alicyclic amines) is 1. The van der Waals surface area contributed by atoms with Crippen molar-refractivity contribution >= 4 is 11.8 Å². The van der Waals surface area contributed by atoms with Crippen LogP contribution in [0, 0.1) is 23.7 Å². The molecule has 5 nitrogen and oxygen atoms in total. The fourth-order valence-corrected chi connectivity index (χ4v) is 4.46. The second-order valence-corrected chi connectivity index (χ2v) is 6.77. The minimum absolute atomic E-state index is 0.0160. The molecule has 126 valence electrons. The Morgan fingerprint density at radius 2 is 1.62 bits per heavy atom. The zero-order chi connectivity index (χ0) is 16.8. The second kappa shape index (κ2) is 5.65. The van der Waals surface area contributed by atoms with E-state index in [2.05, 4.69) is 12.2 Å². The third-order valence-electron chi connectivity index (χ3n) is 5.63. The van der Waals surface area contributed by atoms with Gasteiger partial charge in [0.05, 0.1) is 26.1 Å². The van der Waals surface area contributed by atoms with Crippen LogP contribution in [0.1, 0.15) is 12.0 Å². The average Bonchev–Trinajstić information content (AvgIpc) is 3.27. The van der Waals surface area contributed by atoms with E-state index in [1.54, 1.807) is 14.2 Å². The Kier molecular flexibility index (Phi) is 3.59. The first-order valence-corrected chi connectivity index (χ1v) is 8.38. The number of fused-ring (bicyclic) bond motifs is 5. The molecule has 0 spiro atoms. The van der Waals surface area contributed by atoms with E-state index in [-0.39, 0.29) is 35.5 Å². The van der Waals surface area contributed by atoms with E-state index in [4.69, 9.17) is 9.47 Å². The Labute approximate surface area is 141 Å². The maximum absolute atomic E-state index is 12.7. The lowest BCUT2D eigenvalue weighted by atomic mass is 9.85. The highest BCUT2D eigenvalue weighted by molar-refractivity contribution is 6.06. The minimum atomic E-state index is -0.113. The molecule has 24 heavy (non-hydrogen) atoms. The first kappa shape index (κ1) is 15.2. The molecular weight excluding hydrogens is 306 g/mol. The molecule has 1 saturated carbocycles. The predicted molar refractivity (Wildman–Crippen MR) is 87.7 cm³/mol. The monoisotopic (exact) mass is 327 g/mol. The van der Waals surface area contributed by atoms with Crippen LogP contribution in [0.2, 0.25) is 0 Å². The number of methoxy groups -OCH3 is 2. The molecule has 5 heteroatoms. The van der Waals surface area contributed by atoms with Crippen LogP contribution in [0.4, 0.5) is 0 Å². The highest BCUT2D eigenvalue weighted by Gasteiger charge is 2.58. The molecular formula is C19H21NO4. The van der Waals surface area contributed by atoms with Crippen LogP contribution >= 0.6 is 0 Å². The van der Waals surface area contributed by atoms with Gasteiger partial charge in [0, 0.05) is 6.54 Å². The van der Waals surface area contributed by atoms with Crippen molar-refractivity contribution < 1.29 is 19.1 Å². The Hall–Kier alpha value is -2.30. The molecule has 0 unspecified atom stereocenters. The predicted octanol–water partition coefficient (Wildman–Crippen LogP) is 2.05. The van der Waals surface area contributed by atoms with E-state index in [9.17, 15) is 9.59 Å². The number of hydrogen-bond donors (Lipinski definition) is 0. The van der Waals surface area contributed by atoms with Gasteiger partial charge < -0.3 is 9.47 Å². The Bertz CT molecular complexity index is 696. The number of benzene rings is 1. The third-order valence-corrected chi connectivity index (χ3v) is 5.63. The molecule has 2 aliphatic carbocycles. The minimum Gasteiger partial charge on any atom is -0.493 e. The van der Waals surface area contributed by atoms with Crippen molar-refractivity contribution in [1.29, 1.82) is 0 Å². The number of imide groups is 1. The fourth-order valence-electron chi connectivity index (χ4n) is 4.46. The molecule has 0 aromatic heterocycles. The quantitative estimate of drug-likeness (QED) is 0.613. The summed E-state index contributed by atoms with van der Waals surface area (Å²) in [6, 6.07) is 5.69. The van der Waals surface area contributed by atoms with Crippen molar-refractivity contribution in [2.24, 2.45) is 23.7 Å².